The molecule has 0 saturated carbocycles. The first kappa shape index (κ1) is 28.0. The molecule has 0 atom stereocenters. The van der Waals surface area contributed by atoms with E-state index in [4.69, 9.17) is 11.6 Å². The lowest BCUT2D eigenvalue weighted by molar-refractivity contribution is 0.209. The summed E-state index contributed by atoms with van der Waals surface area (Å²) in [6, 6.07) is 7.33. The van der Waals surface area contributed by atoms with Crippen molar-refractivity contribution in [1.29, 1.82) is 0 Å². The van der Waals surface area contributed by atoms with Gasteiger partial charge in [-0.1, -0.05) is 31.5 Å². The Morgan fingerprint density at radius 2 is 1.73 bits per heavy atom. The number of piperazine rings is 1. The molecule has 0 amide bonds. The molecule has 0 unspecified atom stereocenters. The summed E-state index contributed by atoms with van der Waals surface area (Å²) < 4.78 is 33.1. The predicted molar refractivity (Wildman–Crippen MR) is 155 cm³/mol. The molecule has 5 rings (SSSR count). The summed E-state index contributed by atoms with van der Waals surface area (Å²) in [5.74, 6) is -2.01. The molecule has 2 aromatic heterocycles. The second kappa shape index (κ2) is 10.8. The van der Waals surface area contributed by atoms with Gasteiger partial charge >= 0.3 is 5.69 Å². The van der Waals surface area contributed by atoms with Crippen LogP contribution >= 0.6 is 11.6 Å². The van der Waals surface area contributed by atoms with E-state index in [0.29, 0.717) is 47.3 Å². The van der Waals surface area contributed by atoms with Crippen molar-refractivity contribution in [2.45, 2.75) is 46.6 Å². The van der Waals surface area contributed by atoms with Crippen LogP contribution in [0.25, 0.3) is 27.7 Å². The van der Waals surface area contributed by atoms with Crippen LogP contribution in [-0.2, 0) is 0 Å². The van der Waals surface area contributed by atoms with Crippen LogP contribution in [0.5, 0.6) is 5.75 Å². The number of anilines is 1. The third kappa shape index (κ3) is 4.71. The number of aromatic hydroxyl groups is 1. The van der Waals surface area contributed by atoms with E-state index in [0.717, 1.165) is 19.2 Å². The standard InChI is InChI=1S/C30H32ClF2N5O2/c1-16(2)26-27(18(5)9-10-34-26)38-28-19(29(35-30(38)40)37-13-11-36(12-14-37)17(3)4)15-20(31)23(25(28)33)24-21(32)7-6-8-22(24)39/h6-10,15-17,39H,11-14H2,1-5H3. The van der Waals surface area contributed by atoms with Crippen molar-refractivity contribution < 1.29 is 13.9 Å². The van der Waals surface area contributed by atoms with Crippen LogP contribution in [0.4, 0.5) is 14.6 Å². The molecule has 1 fully saturated rings. The lowest BCUT2D eigenvalue weighted by Gasteiger charge is -2.38. The average Bonchev–Trinajstić information content (AvgIpc) is 2.90. The summed E-state index contributed by atoms with van der Waals surface area (Å²) in [6.07, 6.45) is 1.65. The molecular weight excluding hydrogens is 536 g/mol. The Morgan fingerprint density at radius 1 is 1.02 bits per heavy atom. The number of benzene rings is 2. The number of phenols is 1. The van der Waals surface area contributed by atoms with Crippen molar-refractivity contribution >= 4 is 28.3 Å². The minimum absolute atomic E-state index is 0.0916. The second-order valence-electron chi connectivity index (χ2n) is 10.8. The third-order valence-electron chi connectivity index (χ3n) is 7.56. The van der Waals surface area contributed by atoms with Gasteiger partial charge in [0.05, 0.1) is 27.5 Å². The van der Waals surface area contributed by atoms with E-state index in [1.807, 2.05) is 25.7 Å². The second-order valence-corrected chi connectivity index (χ2v) is 11.2. The molecule has 0 spiro atoms. The maximum Gasteiger partial charge on any atom is 0.354 e. The van der Waals surface area contributed by atoms with E-state index >= 15 is 8.78 Å². The number of hydrogen-bond donors (Lipinski definition) is 1. The number of pyridine rings is 1. The number of halogens is 3. The van der Waals surface area contributed by atoms with Crippen molar-refractivity contribution in [2.24, 2.45) is 0 Å². The van der Waals surface area contributed by atoms with Crippen LogP contribution in [0, 0.1) is 18.6 Å². The molecule has 210 valence electrons. The Hall–Kier alpha value is -3.56. The van der Waals surface area contributed by atoms with Gasteiger partial charge in [0.2, 0.25) is 0 Å². The normalized spacial score (nSPS) is 14.6. The van der Waals surface area contributed by atoms with Gasteiger partial charge in [-0.05, 0) is 56.5 Å². The Morgan fingerprint density at radius 3 is 2.35 bits per heavy atom. The maximum absolute atomic E-state index is 16.9. The highest BCUT2D eigenvalue weighted by Gasteiger charge is 2.29. The first-order valence-electron chi connectivity index (χ1n) is 13.4. The zero-order valence-corrected chi connectivity index (χ0v) is 23.9. The van der Waals surface area contributed by atoms with Crippen LogP contribution in [0.2, 0.25) is 5.02 Å². The lowest BCUT2D eigenvalue weighted by atomic mass is 9.99. The number of fused-ring (bicyclic) bond motifs is 1. The van der Waals surface area contributed by atoms with E-state index in [1.165, 1.54) is 22.8 Å². The number of hydrogen-bond acceptors (Lipinski definition) is 6. The van der Waals surface area contributed by atoms with Gasteiger partial charge in [0, 0.05) is 49.4 Å². The van der Waals surface area contributed by atoms with Crippen LogP contribution in [0.3, 0.4) is 0 Å². The zero-order valence-electron chi connectivity index (χ0n) is 23.2. The van der Waals surface area contributed by atoms with Gasteiger partial charge in [-0.25, -0.2) is 13.6 Å². The quantitative estimate of drug-likeness (QED) is 0.317. The number of nitrogens with zero attached hydrogens (tertiary/aromatic N) is 5. The SMILES string of the molecule is Cc1ccnc(C(C)C)c1-n1c(=O)nc(N2CCN(C(C)C)CC2)c2cc(Cl)c(-c3c(O)cccc3F)c(F)c21. The largest absolute Gasteiger partial charge is 0.507 e. The summed E-state index contributed by atoms with van der Waals surface area (Å²) in [5, 5.41) is 10.7. The molecule has 1 aliphatic rings. The highest BCUT2D eigenvalue weighted by molar-refractivity contribution is 6.34. The molecule has 4 aromatic rings. The Labute approximate surface area is 236 Å². The minimum atomic E-state index is -0.928. The van der Waals surface area contributed by atoms with E-state index in [-0.39, 0.29) is 27.6 Å². The van der Waals surface area contributed by atoms with Gasteiger partial charge in [-0.15, -0.1) is 0 Å². The fourth-order valence-electron chi connectivity index (χ4n) is 5.47. The molecule has 1 N–H and O–H groups in total. The molecule has 0 bridgehead atoms. The van der Waals surface area contributed by atoms with Gasteiger partial charge in [0.1, 0.15) is 17.4 Å². The topological polar surface area (TPSA) is 74.5 Å². The highest BCUT2D eigenvalue weighted by atomic mass is 35.5. The summed E-state index contributed by atoms with van der Waals surface area (Å²) in [7, 11) is 0. The Kier molecular flexibility index (Phi) is 7.54. The molecule has 0 radical (unpaired) electrons. The average molecular weight is 568 g/mol. The van der Waals surface area contributed by atoms with Crippen LogP contribution in [0.1, 0.15) is 44.9 Å². The first-order chi connectivity index (χ1) is 19.0. The van der Waals surface area contributed by atoms with Crippen molar-refractivity contribution in [2.75, 3.05) is 31.1 Å². The van der Waals surface area contributed by atoms with E-state index < -0.39 is 23.1 Å². The van der Waals surface area contributed by atoms with Crippen LogP contribution in [-0.4, -0.2) is 56.8 Å². The summed E-state index contributed by atoms with van der Waals surface area (Å²) in [5.41, 5.74) is 0.230. The van der Waals surface area contributed by atoms with E-state index in [9.17, 15) is 9.90 Å². The van der Waals surface area contributed by atoms with E-state index in [1.54, 1.807) is 12.3 Å². The first-order valence-corrected chi connectivity index (χ1v) is 13.8. The predicted octanol–water partition coefficient (Wildman–Crippen LogP) is 6.05. The zero-order chi connectivity index (χ0) is 28.9. The minimum Gasteiger partial charge on any atom is -0.507 e. The van der Waals surface area contributed by atoms with Gasteiger partial charge in [0.15, 0.2) is 5.82 Å². The lowest BCUT2D eigenvalue weighted by Crippen LogP contribution is -2.49. The molecular formula is C30H32ClF2N5O2. The van der Waals surface area contributed by atoms with E-state index in [2.05, 4.69) is 28.7 Å². The summed E-state index contributed by atoms with van der Waals surface area (Å²) in [6.45, 7) is 12.6. The van der Waals surface area contributed by atoms with Gasteiger partial charge in [-0.2, -0.15) is 4.98 Å². The molecule has 40 heavy (non-hydrogen) atoms. The highest BCUT2D eigenvalue weighted by Crippen LogP contribution is 2.43. The fourth-order valence-corrected chi connectivity index (χ4v) is 5.75. The molecule has 1 saturated heterocycles. The maximum atomic E-state index is 16.9. The number of phenolic OH excluding ortho intramolecular Hbond substituents is 1. The van der Waals surface area contributed by atoms with Crippen molar-refractivity contribution in [3.05, 3.63) is 74.9 Å². The molecule has 3 heterocycles. The summed E-state index contributed by atoms with van der Waals surface area (Å²) in [4.78, 5) is 27.1. The number of aryl methyl sites for hydroxylation is 1. The van der Waals surface area contributed by atoms with Gasteiger partial charge in [-0.3, -0.25) is 14.5 Å². The third-order valence-corrected chi connectivity index (χ3v) is 7.86. The Balaban J connectivity index is 1.88. The molecule has 7 nitrogen and oxygen atoms in total. The smallest absolute Gasteiger partial charge is 0.354 e. The Bertz CT molecular complexity index is 1640. The molecule has 0 aliphatic carbocycles. The van der Waals surface area contributed by atoms with Crippen molar-refractivity contribution in [3.8, 4) is 22.6 Å². The van der Waals surface area contributed by atoms with Crippen LogP contribution in [0.15, 0.2) is 41.3 Å². The molecule has 1 aliphatic heterocycles. The molecule has 10 heteroatoms. The van der Waals surface area contributed by atoms with Crippen molar-refractivity contribution in [1.82, 2.24) is 19.4 Å². The number of rotatable bonds is 5. The number of aromatic nitrogens is 3. The van der Waals surface area contributed by atoms with Gasteiger partial charge in [0.25, 0.3) is 0 Å². The van der Waals surface area contributed by atoms with Crippen molar-refractivity contribution in [3.63, 3.8) is 0 Å². The monoisotopic (exact) mass is 567 g/mol. The molecule has 2 aromatic carbocycles. The summed E-state index contributed by atoms with van der Waals surface area (Å²) >= 11 is 6.64. The van der Waals surface area contributed by atoms with Crippen LogP contribution < -0.4 is 10.6 Å². The van der Waals surface area contributed by atoms with Gasteiger partial charge < -0.3 is 10.0 Å². The fraction of sp³-hybridized carbons (Fsp3) is 0.367.